The van der Waals surface area contributed by atoms with Gasteiger partial charge in [0.05, 0.1) is 22.9 Å². The van der Waals surface area contributed by atoms with Gasteiger partial charge in [0.1, 0.15) is 22.5 Å². The minimum absolute atomic E-state index is 0.248. The Bertz CT molecular complexity index is 1830. The molecule has 0 spiro atoms. The molecule has 3 aromatic heterocycles. The first kappa shape index (κ1) is 20.9. The molecular formula is C27H19FN6O. The van der Waals surface area contributed by atoms with Gasteiger partial charge in [-0.25, -0.2) is 19.3 Å². The van der Waals surface area contributed by atoms with E-state index < -0.39 is 0 Å². The standard InChI is InChI=1S/C27H19FN6O/c1-16-7-13-20(14-8-16)33-17(2)30-25-23(27(33)35)24-26(32-22-6-4-3-5-21(22)31-24)34(25)29-15-18-9-11-19(28)12-10-18/h3-15H,1-2H3/b29-15-. The minimum Gasteiger partial charge on any atom is -0.268 e. The lowest BCUT2D eigenvalue weighted by Gasteiger charge is -2.10. The molecule has 0 atom stereocenters. The molecule has 8 heteroatoms. The second-order valence-corrected chi connectivity index (χ2v) is 8.33. The number of aryl methyl sites for hydroxylation is 2. The summed E-state index contributed by atoms with van der Waals surface area (Å²) in [5.41, 5.74) is 4.81. The van der Waals surface area contributed by atoms with Crippen molar-refractivity contribution in [3.8, 4) is 5.69 Å². The molecule has 0 radical (unpaired) electrons. The zero-order valence-electron chi connectivity index (χ0n) is 19.0. The average molecular weight is 462 g/mol. The molecular weight excluding hydrogens is 443 g/mol. The van der Waals surface area contributed by atoms with E-state index in [1.54, 1.807) is 29.8 Å². The third-order valence-corrected chi connectivity index (χ3v) is 5.91. The van der Waals surface area contributed by atoms with Crippen molar-refractivity contribution in [3.63, 3.8) is 0 Å². The van der Waals surface area contributed by atoms with Gasteiger partial charge in [-0.3, -0.25) is 9.36 Å². The normalized spacial score (nSPS) is 11.9. The fourth-order valence-electron chi connectivity index (χ4n) is 4.16. The fraction of sp³-hybridized carbons (Fsp3) is 0.0741. The van der Waals surface area contributed by atoms with Gasteiger partial charge < -0.3 is 0 Å². The summed E-state index contributed by atoms with van der Waals surface area (Å²) in [5, 5.41) is 4.92. The van der Waals surface area contributed by atoms with Crippen LogP contribution in [0.1, 0.15) is 17.0 Å². The van der Waals surface area contributed by atoms with Crippen molar-refractivity contribution in [1.29, 1.82) is 0 Å². The number of halogens is 1. The maximum absolute atomic E-state index is 13.9. The van der Waals surface area contributed by atoms with Crippen LogP contribution in [-0.4, -0.2) is 30.4 Å². The van der Waals surface area contributed by atoms with Gasteiger partial charge in [0, 0.05) is 0 Å². The topological polar surface area (TPSA) is 78.0 Å². The van der Waals surface area contributed by atoms with Crippen LogP contribution in [-0.2, 0) is 0 Å². The Morgan fingerprint density at radius 2 is 1.51 bits per heavy atom. The predicted octanol–water partition coefficient (Wildman–Crippen LogP) is 4.92. The Hall–Kier alpha value is -4.72. The number of benzene rings is 3. The first-order valence-electron chi connectivity index (χ1n) is 11.1. The Morgan fingerprint density at radius 3 is 2.23 bits per heavy atom. The molecule has 3 aromatic carbocycles. The van der Waals surface area contributed by atoms with Crippen LogP contribution >= 0.6 is 0 Å². The molecule has 6 rings (SSSR count). The lowest BCUT2D eigenvalue weighted by Crippen LogP contribution is -2.22. The van der Waals surface area contributed by atoms with Crippen LogP contribution in [0.2, 0.25) is 0 Å². The van der Waals surface area contributed by atoms with Gasteiger partial charge >= 0.3 is 0 Å². The summed E-state index contributed by atoms with van der Waals surface area (Å²) < 4.78 is 16.4. The Labute approximate surface area is 198 Å². The van der Waals surface area contributed by atoms with E-state index in [2.05, 4.69) is 5.10 Å². The third kappa shape index (κ3) is 3.47. The van der Waals surface area contributed by atoms with Crippen LogP contribution < -0.4 is 5.56 Å². The molecule has 0 aliphatic carbocycles. The lowest BCUT2D eigenvalue weighted by molar-refractivity contribution is 0.628. The van der Waals surface area contributed by atoms with Crippen molar-refractivity contribution in [2.24, 2.45) is 5.10 Å². The second kappa shape index (κ2) is 7.95. The summed E-state index contributed by atoms with van der Waals surface area (Å²) in [4.78, 5) is 28.2. The van der Waals surface area contributed by atoms with Crippen LogP contribution in [0.4, 0.5) is 4.39 Å². The number of nitrogens with zero attached hydrogens (tertiary/aromatic N) is 6. The first-order valence-corrected chi connectivity index (χ1v) is 11.1. The number of fused-ring (bicyclic) bond motifs is 4. The molecule has 0 fully saturated rings. The molecule has 0 N–H and O–H groups in total. The molecule has 0 unspecified atom stereocenters. The highest BCUT2D eigenvalue weighted by molar-refractivity contribution is 6.05. The number of aromatic nitrogens is 5. The minimum atomic E-state index is -0.328. The van der Waals surface area contributed by atoms with Crippen LogP contribution in [0, 0.1) is 19.7 Å². The lowest BCUT2D eigenvalue weighted by atomic mass is 10.2. The molecule has 35 heavy (non-hydrogen) atoms. The summed E-state index contributed by atoms with van der Waals surface area (Å²) in [6.45, 7) is 3.78. The van der Waals surface area contributed by atoms with Crippen molar-refractivity contribution in [3.05, 3.63) is 106 Å². The number of hydrogen-bond acceptors (Lipinski definition) is 5. The van der Waals surface area contributed by atoms with E-state index in [4.69, 9.17) is 15.0 Å². The van der Waals surface area contributed by atoms with Crippen molar-refractivity contribution < 1.29 is 4.39 Å². The molecule has 3 heterocycles. The van der Waals surface area contributed by atoms with E-state index in [1.165, 1.54) is 16.8 Å². The van der Waals surface area contributed by atoms with Crippen LogP contribution in [0.25, 0.3) is 38.9 Å². The summed E-state index contributed by atoms with van der Waals surface area (Å²) in [6.07, 6.45) is 1.58. The van der Waals surface area contributed by atoms with Crippen LogP contribution in [0.15, 0.2) is 82.7 Å². The molecule has 0 saturated heterocycles. The van der Waals surface area contributed by atoms with E-state index in [1.807, 2.05) is 55.5 Å². The SMILES string of the molecule is Cc1ccc(-n2c(C)nc3c(c2=O)c2nc4ccccc4nc2n3/N=C\c2ccc(F)cc2)cc1. The Balaban J connectivity index is 1.69. The molecule has 0 saturated carbocycles. The molecule has 7 nitrogen and oxygen atoms in total. The fourth-order valence-corrected chi connectivity index (χ4v) is 4.16. The highest BCUT2D eigenvalue weighted by Crippen LogP contribution is 2.26. The molecule has 6 aromatic rings. The summed E-state index contributed by atoms with van der Waals surface area (Å²) in [6, 6.07) is 21.1. The van der Waals surface area contributed by atoms with Crippen molar-refractivity contribution >= 4 is 39.4 Å². The highest BCUT2D eigenvalue weighted by Gasteiger charge is 2.21. The van der Waals surface area contributed by atoms with E-state index in [0.29, 0.717) is 44.6 Å². The number of hydrogen-bond donors (Lipinski definition) is 0. The average Bonchev–Trinajstić information content (AvgIpc) is 3.15. The van der Waals surface area contributed by atoms with E-state index in [0.717, 1.165) is 11.3 Å². The quantitative estimate of drug-likeness (QED) is 0.350. The van der Waals surface area contributed by atoms with Gasteiger partial charge in [-0.2, -0.15) is 9.78 Å². The first-order chi connectivity index (χ1) is 17.0. The molecule has 0 aliphatic rings. The third-order valence-electron chi connectivity index (χ3n) is 5.91. The second-order valence-electron chi connectivity index (χ2n) is 8.33. The highest BCUT2D eigenvalue weighted by atomic mass is 19.1. The molecule has 0 bridgehead atoms. The summed E-state index contributed by atoms with van der Waals surface area (Å²) >= 11 is 0. The molecule has 0 aliphatic heterocycles. The van der Waals surface area contributed by atoms with Gasteiger partial charge in [-0.05, 0) is 55.8 Å². The van der Waals surface area contributed by atoms with Crippen molar-refractivity contribution in [1.82, 2.24) is 24.2 Å². The van der Waals surface area contributed by atoms with Crippen molar-refractivity contribution in [2.75, 3.05) is 0 Å². The monoisotopic (exact) mass is 462 g/mol. The van der Waals surface area contributed by atoms with Crippen LogP contribution in [0.5, 0.6) is 0 Å². The number of para-hydroxylation sites is 2. The molecule has 170 valence electrons. The Morgan fingerprint density at radius 1 is 0.829 bits per heavy atom. The Kier molecular flexibility index (Phi) is 4.74. The van der Waals surface area contributed by atoms with Gasteiger partial charge in [0.25, 0.3) is 5.56 Å². The van der Waals surface area contributed by atoms with Gasteiger partial charge in [-0.15, -0.1) is 0 Å². The van der Waals surface area contributed by atoms with Crippen LogP contribution in [0.3, 0.4) is 0 Å². The smallest absolute Gasteiger partial charge is 0.268 e. The maximum Gasteiger partial charge on any atom is 0.269 e. The van der Waals surface area contributed by atoms with E-state index in [9.17, 15) is 9.18 Å². The zero-order chi connectivity index (χ0) is 24.1. The zero-order valence-corrected chi connectivity index (χ0v) is 19.0. The van der Waals surface area contributed by atoms with Gasteiger partial charge in [-0.1, -0.05) is 42.0 Å². The largest absolute Gasteiger partial charge is 0.269 e. The number of rotatable bonds is 3. The summed E-state index contributed by atoms with van der Waals surface area (Å²) in [5.74, 6) is 0.183. The van der Waals surface area contributed by atoms with Crippen molar-refractivity contribution in [2.45, 2.75) is 13.8 Å². The summed E-state index contributed by atoms with van der Waals surface area (Å²) in [7, 11) is 0. The molecule has 0 amide bonds. The van der Waals surface area contributed by atoms with Gasteiger partial charge in [0.2, 0.25) is 0 Å². The van der Waals surface area contributed by atoms with Gasteiger partial charge in [0.15, 0.2) is 11.3 Å². The predicted molar refractivity (Wildman–Crippen MR) is 135 cm³/mol. The van der Waals surface area contributed by atoms with E-state index in [-0.39, 0.29) is 11.4 Å². The van der Waals surface area contributed by atoms with E-state index >= 15 is 0 Å². The maximum atomic E-state index is 13.9.